The molecule has 0 fully saturated rings. The minimum atomic E-state index is -0.365. The van der Waals surface area contributed by atoms with Crippen LogP contribution in [-0.2, 0) is 24.7 Å². The van der Waals surface area contributed by atoms with Crippen LogP contribution in [0.5, 0.6) is 0 Å². The fourth-order valence-electron chi connectivity index (χ4n) is 3.61. The molecule has 4 rings (SSSR count). The van der Waals surface area contributed by atoms with E-state index in [0.29, 0.717) is 15.7 Å². The third kappa shape index (κ3) is 4.17. The SMILES string of the molecule is CC[C@@H]1CCc2sc(-c3nnc(S[C@H](C)C(=O)Nc4sccc4C#N)n3C)cc2C1. The number of hydrogen-bond donors (Lipinski definition) is 1. The van der Waals surface area contributed by atoms with Crippen LogP contribution in [0.4, 0.5) is 5.00 Å². The summed E-state index contributed by atoms with van der Waals surface area (Å²) in [6, 6.07) is 6.07. The van der Waals surface area contributed by atoms with Gasteiger partial charge in [0.1, 0.15) is 11.1 Å². The number of aromatic nitrogens is 3. The molecule has 30 heavy (non-hydrogen) atoms. The lowest BCUT2D eigenvalue weighted by molar-refractivity contribution is -0.115. The van der Waals surface area contributed by atoms with Crippen molar-refractivity contribution in [1.29, 1.82) is 5.26 Å². The molecule has 0 bridgehead atoms. The monoisotopic (exact) mass is 457 g/mol. The number of nitrogens with one attached hydrogen (secondary N) is 1. The average molecular weight is 458 g/mol. The second-order valence-corrected chi connectivity index (χ2v) is 10.8. The number of carbonyl (C=O) groups excluding carboxylic acids is 1. The fourth-order valence-corrected chi connectivity index (χ4v) is 6.39. The van der Waals surface area contributed by atoms with Crippen LogP contribution in [0.15, 0.2) is 22.7 Å². The Labute approximate surface area is 188 Å². The van der Waals surface area contributed by atoms with Gasteiger partial charge in [0.15, 0.2) is 11.0 Å². The molecule has 3 aromatic rings. The van der Waals surface area contributed by atoms with Gasteiger partial charge >= 0.3 is 0 Å². The molecule has 3 aromatic heterocycles. The van der Waals surface area contributed by atoms with Crippen molar-refractivity contribution in [3.8, 4) is 16.8 Å². The van der Waals surface area contributed by atoms with E-state index in [1.807, 2.05) is 29.9 Å². The maximum atomic E-state index is 12.6. The van der Waals surface area contributed by atoms with Crippen LogP contribution in [0.3, 0.4) is 0 Å². The molecule has 6 nitrogen and oxygen atoms in total. The zero-order chi connectivity index (χ0) is 21.3. The van der Waals surface area contributed by atoms with Crippen LogP contribution in [0.2, 0.25) is 0 Å². The molecule has 2 atom stereocenters. The molecular formula is C21H23N5OS3. The highest BCUT2D eigenvalue weighted by atomic mass is 32.2. The number of nitriles is 1. The molecule has 9 heteroatoms. The highest BCUT2D eigenvalue weighted by molar-refractivity contribution is 8.00. The topological polar surface area (TPSA) is 83.6 Å². The van der Waals surface area contributed by atoms with E-state index in [1.54, 1.807) is 11.4 Å². The highest BCUT2D eigenvalue weighted by Gasteiger charge is 2.24. The summed E-state index contributed by atoms with van der Waals surface area (Å²) in [5.74, 6) is 1.48. The lowest BCUT2D eigenvalue weighted by Gasteiger charge is -2.19. The van der Waals surface area contributed by atoms with E-state index < -0.39 is 0 Å². The van der Waals surface area contributed by atoms with E-state index >= 15 is 0 Å². The van der Waals surface area contributed by atoms with Crippen molar-refractivity contribution in [1.82, 2.24) is 14.8 Å². The van der Waals surface area contributed by atoms with Crippen LogP contribution >= 0.6 is 34.4 Å². The maximum Gasteiger partial charge on any atom is 0.238 e. The van der Waals surface area contributed by atoms with E-state index in [9.17, 15) is 4.79 Å². The number of rotatable bonds is 6. The standard InChI is InChI=1S/C21H23N5OS3/c1-4-13-5-6-16-15(9-13)10-17(30-16)18-24-25-21(26(18)3)29-12(2)19(27)23-20-14(11-22)7-8-28-20/h7-8,10,12-13H,4-6,9H2,1-3H3,(H,23,27)/t12-,13-/m1/s1. The molecule has 0 unspecified atom stereocenters. The van der Waals surface area contributed by atoms with Crippen molar-refractivity contribution in [2.75, 3.05) is 5.32 Å². The maximum absolute atomic E-state index is 12.6. The fraction of sp³-hybridized carbons (Fsp3) is 0.429. The van der Waals surface area contributed by atoms with Gasteiger partial charge in [-0.3, -0.25) is 4.79 Å². The first kappa shape index (κ1) is 21.1. The molecule has 1 aliphatic rings. The van der Waals surface area contributed by atoms with E-state index in [2.05, 4.69) is 34.6 Å². The van der Waals surface area contributed by atoms with Gasteiger partial charge in [-0.2, -0.15) is 5.26 Å². The van der Waals surface area contributed by atoms with Gasteiger partial charge in [-0.1, -0.05) is 25.1 Å². The molecule has 0 radical (unpaired) electrons. The molecule has 156 valence electrons. The van der Waals surface area contributed by atoms with Crippen molar-refractivity contribution in [2.45, 2.75) is 49.9 Å². The Morgan fingerprint density at radius 3 is 3.10 bits per heavy atom. The van der Waals surface area contributed by atoms with E-state index in [-0.39, 0.29) is 11.2 Å². The number of thiophene rings is 2. The Balaban J connectivity index is 1.47. The van der Waals surface area contributed by atoms with Gasteiger partial charge in [-0.25, -0.2) is 0 Å². The Morgan fingerprint density at radius 2 is 2.33 bits per heavy atom. The summed E-state index contributed by atoms with van der Waals surface area (Å²) < 4.78 is 1.97. The number of nitrogens with zero attached hydrogens (tertiary/aromatic N) is 4. The largest absolute Gasteiger partial charge is 0.316 e. The minimum Gasteiger partial charge on any atom is -0.316 e. The molecular weight excluding hydrogens is 434 g/mol. The number of thioether (sulfide) groups is 1. The van der Waals surface area contributed by atoms with Gasteiger partial charge < -0.3 is 9.88 Å². The van der Waals surface area contributed by atoms with E-state index in [1.165, 1.54) is 46.4 Å². The van der Waals surface area contributed by atoms with Gasteiger partial charge in [0, 0.05) is 11.9 Å². The number of carbonyl (C=O) groups is 1. The first-order chi connectivity index (χ1) is 14.5. The van der Waals surface area contributed by atoms with Crippen LogP contribution in [0, 0.1) is 17.2 Å². The van der Waals surface area contributed by atoms with Gasteiger partial charge in [-0.15, -0.1) is 32.9 Å². The second kappa shape index (κ2) is 8.92. The Morgan fingerprint density at radius 1 is 1.50 bits per heavy atom. The van der Waals surface area contributed by atoms with Crippen molar-refractivity contribution in [2.24, 2.45) is 13.0 Å². The lowest BCUT2D eigenvalue weighted by Crippen LogP contribution is -2.22. The van der Waals surface area contributed by atoms with Crippen LogP contribution in [0.25, 0.3) is 10.7 Å². The summed E-state index contributed by atoms with van der Waals surface area (Å²) in [6.45, 7) is 4.11. The summed E-state index contributed by atoms with van der Waals surface area (Å²) >= 11 is 4.54. The van der Waals surface area contributed by atoms with Crippen molar-refractivity contribution in [3.05, 3.63) is 33.5 Å². The molecule has 1 amide bonds. The number of hydrogen-bond acceptors (Lipinski definition) is 7. The summed E-state index contributed by atoms with van der Waals surface area (Å²) in [4.78, 5) is 15.2. The number of aryl methyl sites for hydroxylation is 1. The van der Waals surface area contributed by atoms with Crippen LogP contribution < -0.4 is 5.32 Å². The Hall–Kier alpha value is -2.15. The van der Waals surface area contributed by atoms with Crippen molar-refractivity contribution < 1.29 is 4.79 Å². The lowest BCUT2D eigenvalue weighted by atomic mass is 9.87. The molecule has 1 N–H and O–H groups in total. The first-order valence-corrected chi connectivity index (χ1v) is 12.5. The van der Waals surface area contributed by atoms with Crippen LogP contribution in [0.1, 0.15) is 42.7 Å². The van der Waals surface area contributed by atoms with Crippen LogP contribution in [-0.4, -0.2) is 25.9 Å². The third-order valence-electron chi connectivity index (χ3n) is 5.49. The van der Waals surface area contributed by atoms with Gasteiger partial charge in [0.2, 0.25) is 5.91 Å². The normalized spacial score (nSPS) is 16.7. The molecule has 0 aliphatic heterocycles. The van der Waals surface area contributed by atoms with Crippen molar-refractivity contribution in [3.63, 3.8) is 0 Å². The molecule has 0 aromatic carbocycles. The summed E-state index contributed by atoms with van der Waals surface area (Å²) in [6.07, 6.45) is 4.82. The summed E-state index contributed by atoms with van der Waals surface area (Å²) in [5.41, 5.74) is 1.95. The third-order valence-corrected chi connectivity index (χ3v) is 8.69. The molecule has 0 saturated heterocycles. The quantitative estimate of drug-likeness (QED) is 0.520. The number of amides is 1. The first-order valence-electron chi connectivity index (χ1n) is 9.96. The average Bonchev–Trinajstić information content (AvgIpc) is 3.46. The Kier molecular flexibility index (Phi) is 6.27. The van der Waals surface area contributed by atoms with Gasteiger partial charge in [-0.05, 0) is 55.2 Å². The molecule has 3 heterocycles. The van der Waals surface area contributed by atoms with E-state index in [0.717, 1.165) is 29.5 Å². The molecule has 0 spiro atoms. The molecule has 1 aliphatic carbocycles. The van der Waals surface area contributed by atoms with Crippen molar-refractivity contribution >= 4 is 45.3 Å². The smallest absolute Gasteiger partial charge is 0.238 e. The van der Waals surface area contributed by atoms with E-state index in [4.69, 9.17) is 5.26 Å². The second-order valence-electron chi connectivity index (χ2n) is 7.47. The number of fused-ring (bicyclic) bond motifs is 1. The Bertz CT molecular complexity index is 1110. The van der Waals surface area contributed by atoms with Gasteiger partial charge in [0.05, 0.1) is 15.7 Å². The summed E-state index contributed by atoms with van der Waals surface area (Å²) in [7, 11) is 1.95. The number of anilines is 1. The highest BCUT2D eigenvalue weighted by Crippen LogP contribution is 2.38. The zero-order valence-corrected chi connectivity index (χ0v) is 19.6. The zero-order valence-electron chi connectivity index (χ0n) is 17.1. The van der Waals surface area contributed by atoms with Gasteiger partial charge in [0.25, 0.3) is 0 Å². The predicted octanol–water partition coefficient (Wildman–Crippen LogP) is 5.11. The summed E-state index contributed by atoms with van der Waals surface area (Å²) in [5, 5.41) is 23.4. The minimum absolute atomic E-state index is 0.152. The molecule has 0 saturated carbocycles. The predicted molar refractivity (Wildman–Crippen MR) is 123 cm³/mol.